The summed E-state index contributed by atoms with van der Waals surface area (Å²) >= 11 is 3.56. The van der Waals surface area contributed by atoms with Crippen LogP contribution >= 0.6 is 15.9 Å². The quantitative estimate of drug-likeness (QED) is 0.843. The van der Waals surface area contributed by atoms with E-state index in [1.165, 1.54) is 22.3 Å². The van der Waals surface area contributed by atoms with Gasteiger partial charge in [-0.3, -0.25) is 0 Å². The summed E-state index contributed by atoms with van der Waals surface area (Å²) in [5.74, 6) is 0. The normalized spacial score (nSPS) is 12.4. The summed E-state index contributed by atoms with van der Waals surface area (Å²) < 4.78 is 1.13. The van der Waals surface area contributed by atoms with E-state index in [0.717, 1.165) is 16.5 Å². The van der Waals surface area contributed by atoms with Crippen molar-refractivity contribution < 1.29 is 5.11 Å². The number of rotatable bonds is 4. The van der Waals surface area contributed by atoms with Gasteiger partial charge in [0.2, 0.25) is 0 Å². The lowest BCUT2D eigenvalue weighted by molar-refractivity contribution is 0.178. The molecule has 2 aromatic carbocycles. The number of benzene rings is 2. The van der Waals surface area contributed by atoms with Gasteiger partial charge in [-0.2, -0.15) is 0 Å². The summed E-state index contributed by atoms with van der Waals surface area (Å²) in [6, 6.07) is 12.6. The fraction of sp³-hybridized carbons (Fsp3) is 0.333. The second kappa shape index (κ2) is 6.55. The standard InChI is InChI=1S/C18H21BrO/c1-4-14-5-7-15(8-6-14)11-17(20)16-9-12(2)18(19)13(3)10-16/h5-10,17,20H,4,11H2,1-3H3. The Kier molecular flexibility index (Phi) is 5.00. The Morgan fingerprint density at radius 2 is 1.50 bits per heavy atom. The molecule has 0 amide bonds. The fourth-order valence-electron chi connectivity index (χ4n) is 2.42. The molecule has 0 aliphatic carbocycles. The third-order valence-corrected chi connectivity index (χ3v) is 4.95. The first kappa shape index (κ1) is 15.3. The molecule has 2 heteroatoms. The Bertz CT molecular complexity index is 564. The first-order chi connectivity index (χ1) is 9.51. The summed E-state index contributed by atoms with van der Waals surface area (Å²) in [6.45, 7) is 6.27. The molecule has 0 saturated heterocycles. The van der Waals surface area contributed by atoms with Crippen LogP contribution in [0.1, 0.15) is 40.8 Å². The van der Waals surface area contributed by atoms with Gasteiger partial charge in [-0.05, 0) is 48.1 Å². The molecule has 106 valence electrons. The Hall–Kier alpha value is -1.12. The molecule has 0 aliphatic rings. The second-order valence-electron chi connectivity index (χ2n) is 5.36. The molecule has 1 atom stereocenters. The van der Waals surface area contributed by atoms with Crippen molar-refractivity contribution >= 4 is 15.9 Å². The van der Waals surface area contributed by atoms with Crippen molar-refractivity contribution in [1.29, 1.82) is 0 Å². The van der Waals surface area contributed by atoms with Crippen LogP contribution in [0.15, 0.2) is 40.9 Å². The fourth-order valence-corrected chi connectivity index (χ4v) is 2.65. The van der Waals surface area contributed by atoms with Crippen LogP contribution in [0.25, 0.3) is 0 Å². The van der Waals surface area contributed by atoms with E-state index in [2.05, 4.69) is 73.1 Å². The maximum Gasteiger partial charge on any atom is 0.0830 e. The van der Waals surface area contributed by atoms with Crippen molar-refractivity contribution in [3.63, 3.8) is 0 Å². The molecular formula is C18H21BrO. The molecule has 0 heterocycles. The molecular weight excluding hydrogens is 312 g/mol. The van der Waals surface area contributed by atoms with E-state index in [1.807, 2.05) is 0 Å². The van der Waals surface area contributed by atoms with E-state index in [9.17, 15) is 5.11 Å². The number of aliphatic hydroxyl groups excluding tert-OH is 1. The van der Waals surface area contributed by atoms with E-state index in [1.54, 1.807) is 0 Å². The first-order valence-electron chi connectivity index (χ1n) is 7.03. The molecule has 20 heavy (non-hydrogen) atoms. The van der Waals surface area contributed by atoms with Crippen molar-refractivity contribution in [2.75, 3.05) is 0 Å². The van der Waals surface area contributed by atoms with Gasteiger partial charge in [0.15, 0.2) is 0 Å². The number of aryl methyl sites for hydroxylation is 3. The molecule has 1 nitrogen and oxygen atoms in total. The topological polar surface area (TPSA) is 20.2 Å². The second-order valence-corrected chi connectivity index (χ2v) is 6.15. The Balaban J connectivity index is 2.16. The average Bonchev–Trinajstić information content (AvgIpc) is 2.45. The first-order valence-corrected chi connectivity index (χ1v) is 7.83. The van der Waals surface area contributed by atoms with Crippen molar-refractivity contribution in [3.8, 4) is 0 Å². The molecule has 1 N–H and O–H groups in total. The molecule has 0 saturated carbocycles. The van der Waals surface area contributed by atoms with Gasteiger partial charge in [0.1, 0.15) is 0 Å². The highest BCUT2D eigenvalue weighted by atomic mass is 79.9. The monoisotopic (exact) mass is 332 g/mol. The molecule has 1 unspecified atom stereocenters. The lowest BCUT2D eigenvalue weighted by atomic mass is 9.97. The van der Waals surface area contributed by atoms with E-state index >= 15 is 0 Å². The van der Waals surface area contributed by atoms with Gasteiger partial charge < -0.3 is 5.11 Å². The molecule has 0 fully saturated rings. The minimum Gasteiger partial charge on any atom is -0.388 e. The maximum absolute atomic E-state index is 10.4. The van der Waals surface area contributed by atoms with Crippen molar-refractivity contribution in [3.05, 3.63) is 68.7 Å². The van der Waals surface area contributed by atoms with Crippen LogP contribution < -0.4 is 0 Å². The summed E-state index contributed by atoms with van der Waals surface area (Å²) in [5.41, 5.74) is 5.83. The molecule has 2 aromatic rings. The maximum atomic E-state index is 10.4. The minimum absolute atomic E-state index is 0.451. The highest BCUT2D eigenvalue weighted by molar-refractivity contribution is 9.10. The van der Waals surface area contributed by atoms with Crippen molar-refractivity contribution in [2.24, 2.45) is 0 Å². The Morgan fingerprint density at radius 1 is 1.00 bits per heavy atom. The van der Waals surface area contributed by atoms with Gasteiger partial charge in [0.25, 0.3) is 0 Å². The predicted octanol–water partition coefficient (Wildman–Crippen LogP) is 4.90. The van der Waals surface area contributed by atoms with Crippen LogP contribution in [-0.2, 0) is 12.8 Å². The number of aliphatic hydroxyl groups is 1. The lowest BCUT2D eigenvalue weighted by Crippen LogP contribution is -2.03. The molecule has 2 rings (SSSR count). The molecule has 0 aliphatic heterocycles. The van der Waals surface area contributed by atoms with Gasteiger partial charge in [-0.25, -0.2) is 0 Å². The van der Waals surface area contributed by atoms with Crippen molar-refractivity contribution in [1.82, 2.24) is 0 Å². The number of halogens is 1. The third kappa shape index (κ3) is 3.50. The van der Waals surface area contributed by atoms with E-state index < -0.39 is 6.10 Å². The lowest BCUT2D eigenvalue weighted by Gasteiger charge is -2.14. The minimum atomic E-state index is -0.451. The van der Waals surface area contributed by atoms with Gasteiger partial charge in [0, 0.05) is 10.9 Å². The summed E-state index contributed by atoms with van der Waals surface area (Å²) in [5, 5.41) is 10.4. The predicted molar refractivity (Wildman–Crippen MR) is 88.1 cm³/mol. The Morgan fingerprint density at radius 3 is 2.00 bits per heavy atom. The molecule has 0 spiro atoms. The van der Waals surface area contributed by atoms with Crippen LogP contribution in [0.3, 0.4) is 0 Å². The SMILES string of the molecule is CCc1ccc(CC(O)c2cc(C)c(Br)c(C)c2)cc1. The van der Waals surface area contributed by atoms with Gasteiger partial charge in [-0.1, -0.05) is 59.3 Å². The molecule has 0 bridgehead atoms. The van der Waals surface area contributed by atoms with Gasteiger partial charge in [-0.15, -0.1) is 0 Å². The van der Waals surface area contributed by atoms with E-state index in [-0.39, 0.29) is 0 Å². The van der Waals surface area contributed by atoms with E-state index in [0.29, 0.717) is 6.42 Å². The zero-order valence-electron chi connectivity index (χ0n) is 12.3. The highest BCUT2D eigenvalue weighted by Gasteiger charge is 2.11. The van der Waals surface area contributed by atoms with E-state index in [4.69, 9.17) is 0 Å². The molecule has 0 radical (unpaired) electrons. The van der Waals surface area contributed by atoms with Crippen LogP contribution in [0.5, 0.6) is 0 Å². The van der Waals surface area contributed by atoms with Crippen LogP contribution in [0.2, 0.25) is 0 Å². The number of hydrogen-bond acceptors (Lipinski definition) is 1. The zero-order chi connectivity index (χ0) is 14.7. The largest absolute Gasteiger partial charge is 0.388 e. The molecule has 0 aromatic heterocycles. The van der Waals surface area contributed by atoms with Gasteiger partial charge in [0.05, 0.1) is 6.10 Å². The summed E-state index contributed by atoms with van der Waals surface area (Å²) in [6.07, 6.45) is 1.26. The van der Waals surface area contributed by atoms with Crippen LogP contribution in [-0.4, -0.2) is 5.11 Å². The summed E-state index contributed by atoms with van der Waals surface area (Å²) in [4.78, 5) is 0. The Labute approximate surface area is 129 Å². The van der Waals surface area contributed by atoms with Crippen LogP contribution in [0, 0.1) is 13.8 Å². The summed E-state index contributed by atoms with van der Waals surface area (Å²) in [7, 11) is 0. The zero-order valence-corrected chi connectivity index (χ0v) is 13.9. The van der Waals surface area contributed by atoms with Crippen molar-refractivity contribution in [2.45, 2.75) is 39.7 Å². The van der Waals surface area contributed by atoms with Crippen LogP contribution in [0.4, 0.5) is 0 Å². The number of hydrogen-bond donors (Lipinski definition) is 1. The average molecular weight is 333 g/mol. The third-order valence-electron chi connectivity index (χ3n) is 3.70. The highest BCUT2D eigenvalue weighted by Crippen LogP contribution is 2.27. The van der Waals surface area contributed by atoms with Gasteiger partial charge >= 0.3 is 0 Å². The smallest absolute Gasteiger partial charge is 0.0830 e.